The lowest BCUT2D eigenvalue weighted by molar-refractivity contribution is 0.419. The van der Waals surface area contributed by atoms with Crippen LogP contribution in [0.1, 0.15) is 25.6 Å². The molecule has 16 heavy (non-hydrogen) atoms. The number of hydrogen-bond donors (Lipinski definition) is 1. The topological polar surface area (TPSA) is 64.9 Å². The molecule has 0 spiro atoms. The molecule has 2 aromatic rings. The molecule has 2 N–H and O–H groups in total. The van der Waals surface area contributed by atoms with Gasteiger partial charge in [-0.25, -0.2) is 4.39 Å². The predicted molar refractivity (Wildman–Crippen MR) is 58.2 cm³/mol. The number of hydrogen-bond acceptors (Lipinski definition) is 4. The van der Waals surface area contributed by atoms with Gasteiger partial charge in [-0.1, -0.05) is 19.0 Å². The van der Waals surface area contributed by atoms with Gasteiger partial charge in [0, 0.05) is 11.6 Å². The lowest BCUT2D eigenvalue weighted by Crippen LogP contribution is -1.92. The third-order valence-electron chi connectivity index (χ3n) is 2.20. The van der Waals surface area contributed by atoms with Crippen LogP contribution >= 0.6 is 0 Å². The Morgan fingerprint density at radius 1 is 1.38 bits per heavy atom. The zero-order valence-electron chi connectivity index (χ0n) is 9.07. The molecule has 0 aliphatic rings. The molecule has 84 valence electrons. The van der Waals surface area contributed by atoms with Crippen molar-refractivity contribution in [3.63, 3.8) is 0 Å². The maximum absolute atomic E-state index is 13.1. The number of nitrogens with two attached hydrogens (primary N) is 1. The molecule has 0 atom stereocenters. The van der Waals surface area contributed by atoms with Crippen LogP contribution in [0, 0.1) is 5.82 Å². The molecule has 0 aliphatic carbocycles. The van der Waals surface area contributed by atoms with Crippen LogP contribution in [-0.2, 0) is 0 Å². The molecule has 1 aromatic carbocycles. The minimum atomic E-state index is -0.381. The number of nitrogens with zero attached hydrogens (tertiary/aromatic N) is 2. The average Bonchev–Trinajstić information content (AvgIpc) is 2.70. The molecule has 5 heteroatoms. The fourth-order valence-corrected chi connectivity index (χ4v) is 1.29. The number of benzene rings is 1. The van der Waals surface area contributed by atoms with E-state index < -0.39 is 0 Å². The first-order chi connectivity index (χ1) is 7.58. The summed E-state index contributed by atoms with van der Waals surface area (Å²) in [5, 5.41) is 3.80. The molecule has 0 saturated carbocycles. The molecule has 0 unspecified atom stereocenters. The van der Waals surface area contributed by atoms with Crippen molar-refractivity contribution in [2.24, 2.45) is 0 Å². The summed E-state index contributed by atoms with van der Waals surface area (Å²) in [6.45, 7) is 3.90. The number of anilines is 1. The van der Waals surface area contributed by atoms with Gasteiger partial charge < -0.3 is 10.3 Å². The summed E-state index contributed by atoms with van der Waals surface area (Å²) in [7, 11) is 0. The van der Waals surface area contributed by atoms with Crippen molar-refractivity contribution in [1.82, 2.24) is 10.1 Å². The van der Waals surface area contributed by atoms with Gasteiger partial charge in [-0.15, -0.1) is 0 Å². The molecular formula is C11H12FN3O. The van der Waals surface area contributed by atoms with Gasteiger partial charge in [0.05, 0.1) is 5.56 Å². The SMILES string of the molecule is CC(C)c1noc(-c2cc(F)ccc2N)n1. The predicted octanol–water partition coefficient (Wildman–Crippen LogP) is 2.58. The van der Waals surface area contributed by atoms with Crippen LogP contribution in [0.5, 0.6) is 0 Å². The first-order valence-electron chi connectivity index (χ1n) is 4.97. The molecule has 1 aromatic heterocycles. The first-order valence-corrected chi connectivity index (χ1v) is 4.97. The lowest BCUT2D eigenvalue weighted by atomic mass is 10.1. The molecule has 0 aliphatic heterocycles. The summed E-state index contributed by atoms with van der Waals surface area (Å²) in [5.74, 6) is 0.611. The zero-order valence-corrected chi connectivity index (χ0v) is 9.07. The minimum Gasteiger partial charge on any atom is -0.398 e. The van der Waals surface area contributed by atoms with E-state index in [-0.39, 0.29) is 17.6 Å². The largest absolute Gasteiger partial charge is 0.398 e. The van der Waals surface area contributed by atoms with Gasteiger partial charge in [0.1, 0.15) is 5.82 Å². The summed E-state index contributed by atoms with van der Waals surface area (Å²) >= 11 is 0. The smallest absolute Gasteiger partial charge is 0.260 e. The van der Waals surface area contributed by atoms with E-state index in [4.69, 9.17) is 10.3 Å². The van der Waals surface area contributed by atoms with Gasteiger partial charge in [0.25, 0.3) is 5.89 Å². The van der Waals surface area contributed by atoms with Crippen molar-refractivity contribution in [3.05, 3.63) is 29.8 Å². The van der Waals surface area contributed by atoms with Crippen molar-refractivity contribution >= 4 is 5.69 Å². The summed E-state index contributed by atoms with van der Waals surface area (Å²) in [6.07, 6.45) is 0. The highest BCUT2D eigenvalue weighted by molar-refractivity contribution is 5.70. The number of rotatable bonds is 2. The van der Waals surface area contributed by atoms with Crippen molar-refractivity contribution in [2.45, 2.75) is 19.8 Å². The van der Waals surface area contributed by atoms with Gasteiger partial charge in [0.2, 0.25) is 0 Å². The van der Waals surface area contributed by atoms with Crippen LogP contribution in [0.15, 0.2) is 22.7 Å². The van der Waals surface area contributed by atoms with Crippen molar-refractivity contribution in [2.75, 3.05) is 5.73 Å². The molecule has 0 saturated heterocycles. The quantitative estimate of drug-likeness (QED) is 0.791. The fourth-order valence-electron chi connectivity index (χ4n) is 1.29. The van der Waals surface area contributed by atoms with E-state index in [1.165, 1.54) is 18.2 Å². The molecule has 0 bridgehead atoms. The summed E-state index contributed by atoms with van der Waals surface area (Å²) in [6, 6.07) is 4.05. The second-order valence-corrected chi connectivity index (χ2v) is 3.84. The molecule has 2 rings (SSSR count). The van der Waals surface area contributed by atoms with E-state index in [9.17, 15) is 4.39 Å². The van der Waals surface area contributed by atoms with Crippen LogP contribution in [-0.4, -0.2) is 10.1 Å². The number of nitrogen functional groups attached to an aromatic ring is 1. The Kier molecular flexibility index (Phi) is 2.60. The van der Waals surface area contributed by atoms with Crippen LogP contribution in [0.3, 0.4) is 0 Å². The van der Waals surface area contributed by atoms with Crippen molar-refractivity contribution in [3.8, 4) is 11.5 Å². The highest BCUT2D eigenvalue weighted by atomic mass is 19.1. The Morgan fingerprint density at radius 2 is 2.12 bits per heavy atom. The molecular weight excluding hydrogens is 209 g/mol. The van der Waals surface area contributed by atoms with E-state index in [2.05, 4.69) is 10.1 Å². The number of halogens is 1. The van der Waals surface area contributed by atoms with E-state index in [0.29, 0.717) is 17.1 Å². The first kappa shape index (κ1) is 10.6. The summed E-state index contributed by atoms with van der Waals surface area (Å²) in [5.41, 5.74) is 6.56. The van der Waals surface area contributed by atoms with Crippen molar-refractivity contribution < 1.29 is 8.91 Å². The monoisotopic (exact) mass is 221 g/mol. The van der Waals surface area contributed by atoms with E-state index in [1.54, 1.807) is 0 Å². The highest BCUT2D eigenvalue weighted by Gasteiger charge is 2.14. The zero-order chi connectivity index (χ0) is 11.7. The van der Waals surface area contributed by atoms with E-state index in [0.717, 1.165) is 0 Å². The minimum absolute atomic E-state index is 0.160. The van der Waals surface area contributed by atoms with Crippen LogP contribution in [0.25, 0.3) is 11.5 Å². The van der Waals surface area contributed by atoms with Gasteiger partial charge in [-0.05, 0) is 18.2 Å². The third-order valence-corrected chi connectivity index (χ3v) is 2.20. The van der Waals surface area contributed by atoms with Crippen LogP contribution in [0.4, 0.5) is 10.1 Å². The fraction of sp³-hybridized carbons (Fsp3) is 0.273. The van der Waals surface area contributed by atoms with Crippen molar-refractivity contribution in [1.29, 1.82) is 0 Å². The second kappa shape index (κ2) is 3.92. The molecule has 0 fully saturated rings. The Labute approximate surface area is 92.3 Å². The Hall–Kier alpha value is -1.91. The van der Waals surface area contributed by atoms with Gasteiger partial charge in [-0.3, -0.25) is 0 Å². The van der Waals surface area contributed by atoms with Gasteiger partial charge >= 0.3 is 0 Å². The Balaban J connectivity index is 2.46. The molecule has 1 heterocycles. The normalized spacial score (nSPS) is 11.0. The number of aromatic nitrogens is 2. The maximum atomic E-state index is 13.1. The standard InChI is InChI=1S/C11H12FN3O/c1-6(2)10-14-11(16-15-10)8-5-7(12)3-4-9(8)13/h3-6H,13H2,1-2H3. The average molecular weight is 221 g/mol. The molecule has 4 nitrogen and oxygen atoms in total. The Bertz CT molecular complexity index is 508. The van der Waals surface area contributed by atoms with E-state index >= 15 is 0 Å². The van der Waals surface area contributed by atoms with E-state index in [1.807, 2.05) is 13.8 Å². The second-order valence-electron chi connectivity index (χ2n) is 3.84. The third kappa shape index (κ3) is 1.88. The molecule has 0 radical (unpaired) electrons. The lowest BCUT2D eigenvalue weighted by Gasteiger charge is -1.99. The van der Waals surface area contributed by atoms with Crippen LogP contribution in [0.2, 0.25) is 0 Å². The highest BCUT2D eigenvalue weighted by Crippen LogP contribution is 2.26. The molecule has 0 amide bonds. The van der Waals surface area contributed by atoms with Gasteiger partial charge in [-0.2, -0.15) is 4.98 Å². The van der Waals surface area contributed by atoms with Crippen LogP contribution < -0.4 is 5.73 Å². The maximum Gasteiger partial charge on any atom is 0.260 e. The summed E-state index contributed by atoms with van der Waals surface area (Å²) in [4.78, 5) is 4.16. The van der Waals surface area contributed by atoms with Gasteiger partial charge in [0.15, 0.2) is 5.82 Å². The Morgan fingerprint density at radius 3 is 2.75 bits per heavy atom. The summed E-state index contributed by atoms with van der Waals surface area (Å²) < 4.78 is 18.1.